The van der Waals surface area contributed by atoms with E-state index in [1.807, 2.05) is 0 Å². The third-order valence-electron chi connectivity index (χ3n) is 3.76. The van der Waals surface area contributed by atoms with Crippen molar-refractivity contribution in [1.82, 2.24) is 0 Å². The zero-order valence-electron chi connectivity index (χ0n) is 13.5. The smallest absolute Gasteiger partial charge is 0.204 e. The van der Waals surface area contributed by atoms with Crippen LogP contribution in [0.1, 0.15) is 0 Å². The first-order valence-electron chi connectivity index (χ1n) is 7.14. The molecule has 0 aliphatic heterocycles. The van der Waals surface area contributed by atoms with E-state index in [9.17, 15) is 9.90 Å². The molecule has 1 N–H and O–H groups in total. The first-order valence-corrected chi connectivity index (χ1v) is 7.14. The minimum atomic E-state index is -0.264. The van der Waals surface area contributed by atoms with Crippen LogP contribution in [-0.2, 0) is 0 Å². The van der Waals surface area contributed by atoms with Gasteiger partial charge in [-0.15, -0.1) is 0 Å². The Morgan fingerprint density at radius 3 is 2.33 bits per heavy atom. The summed E-state index contributed by atoms with van der Waals surface area (Å²) in [5.41, 5.74) is 0.920. The summed E-state index contributed by atoms with van der Waals surface area (Å²) in [5, 5.41) is 10.2. The molecule has 6 nitrogen and oxygen atoms in total. The molecule has 3 aromatic rings. The van der Waals surface area contributed by atoms with Crippen LogP contribution in [0.3, 0.4) is 0 Å². The first kappa shape index (κ1) is 15.7. The average molecular weight is 328 g/mol. The summed E-state index contributed by atoms with van der Waals surface area (Å²) in [6, 6.07) is 7.95. The second-order valence-corrected chi connectivity index (χ2v) is 5.07. The van der Waals surface area contributed by atoms with Crippen LogP contribution in [0, 0.1) is 0 Å². The van der Waals surface area contributed by atoms with Crippen LogP contribution < -0.4 is 19.6 Å². The molecule has 0 radical (unpaired) electrons. The summed E-state index contributed by atoms with van der Waals surface area (Å²) in [6.45, 7) is 0. The fourth-order valence-electron chi connectivity index (χ4n) is 2.53. The van der Waals surface area contributed by atoms with Crippen LogP contribution in [0.25, 0.3) is 22.1 Å². The van der Waals surface area contributed by atoms with Gasteiger partial charge in [0.15, 0.2) is 11.5 Å². The highest BCUT2D eigenvalue weighted by Crippen LogP contribution is 2.33. The van der Waals surface area contributed by atoms with E-state index in [2.05, 4.69) is 0 Å². The van der Waals surface area contributed by atoms with Crippen molar-refractivity contribution in [3.8, 4) is 34.1 Å². The molecule has 1 aromatic heterocycles. The third kappa shape index (κ3) is 2.52. The van der Waals surface area contributed by atoms with E-state index in [1.54, 1.807) is 24.3 Å². The van der Waals surface area contributed by atoms with Gasteiger partial charge in [-0.05, 0) is 17.7 Å². The van der Waals surface area contributed by atoms with E-state index in [1.165, 1.54) is 33.7 Å². The van der Waals surface area contributed by atoms with E-state index in [0.717, 1.165) is 0 Å². The lowest BCUT2D eigenvalue weighted by molar-refractivity contribution is 0.373. The van der Waals surface area contributed by atoms with Gasteiger partial charge in [0, 0.05) is 12.1 Å². The number of hydrogen-bond donors (Lipinski definition) is 1. The lowest BCUT2D eigenvalue weighted by atomic mass is 10.0. The quantitative estimate of drug-likeness (QED) is 0.792. The van der Waals surface area contributed by atoms with Crippen LogP contribution >= 0.6 is 0 Å². The largest absolute Gasteiger partial charge is 0.504 e. The van der Waals surface area contributed by atoms with Gasteiger partial charge in [-0.2, -0.15) is 0 Å². The van der Waals surface area contributed by atoms with E-state index >= 15 is 0 Å². The second-order valence-electron chi connectivity index (χ2n) is 5.07. The minimum absolute atomic E-state index is 0.0591. The van der Waals surface area contributed by atoms with E-state index in [0.29, 0.717) is 39.3 Å². The molecule has 0 aliphatic carbocycles. The molecule has 3 rings (SSSR count). The van der Waals surface area contributed by atoms with Crippen LogP contribution in [0.15, 0.2) is 45.8 Å². The maximum atomic E-state index is 12.9. The number of ether oxygens (including phenoxy) is 3. The highest BCUT2D eigenvalue weighted by Gasteiger charge is 2.16. The summed E-state index contributed by atoms with van der Waals surface area (Å²) in [5.74, 6) is 1.15. The molecular formula is C18H16O6. The van der Waals surface area contributed by atoms with Crippen molar-refractivity contribution in [2.24, 2.45) is 0 Å². The molecule has 2 aromatic carbocycles. The summed E-state index contributed by atoms with van der Waals surface area (Å²) in [4.78, 5) is 12.9. The summed E-state index contributed by atoms with van der Waals surface area (Å²) in [6.07, 6.45) is 1.35. The van der Waals surface area contributed by atoms with Gasteiger partial charge in [0.25, 0.3) is 0 Å². The topological polar surface area (TPSA) is 78.1 Å². The molecule has 0 aliphatic rings. The summed E-state index contributed by atoms with van der Waals surface area (Å²) >= 11 is 0. The Hall–Kier alpha value is -3.15. The van der Waals surface area contributed by atoms with Gasteiger partial charge in [-0.25, -0.2) is 0 Å². The molecule has 0 bridgehead atoms. The molecule has 24 heavy (non-hydrogen) atoms. The molecule has 0 spiro atoms. The van der Waals surface area contributed by atoms with Crippen molar-refractivity contribution in [1.29, 1.82) is 0 Å². The van der Waals surface area contributed by atoms with Crippen LogP contribution in [0.2, 0.25) is 0 Å². The number of methoxy groups -OCH3 is 3. The zero-order valence-corrected chi connectivity index (χ0v) is 13.5. The molecule has 0 saturated carbocycles. The summed E-state index contributed by atoms with van der Waals surface area (Å²) < 4.78 is 21.1. The van der Waals surface area contributed by atoms with Crippen LogP contribution in [-0.4, -0.2) is 26.4 Å². The first-order chi connectivity index (χ1) is 11.6. The molecule has 6 heteroatoms. The molecule has 1 heterocycles. The van der Waals surface area contributed by atoms with Crippen molar-refractivity contribution in [3.05, 3.63) is 46.8 Å². The Labute approximate surface area is 137 Å². The Balaban J connectivity index is 2.26. The Morgan fingerprint density at radius 1 is 0.958 bits per heavy atom. The van der Waals surface area contributed by atoms with E-state index in [-0.39, 0.29) is 11.2 Å². The number of hydrogen-bond acceptors (Lipinski definition) is 6. The molecule has 0 amide bonds. The normalized spacial score (nSPS) is 10.6. The van der Waals surface area contributed by atoms with Gasteiger partial charge in [0.05, 0.1) is 26.9 Å². The van der Waals surface area contributed by atoms with Crippen LogP contribution in [0.5, 0.6) is 23.0 Å². The number of phenolic OH excluding ortho intramolecular Hbond substituents is 1. The highest BCUT2D eigenvalue weighted by molar-refractivity contribution is 5.88. The number of fused-ring (bicyclic) bond motifs is 1. The maximum absolute atomic E-state index is 12.9. The lowest BCUT2D eigenvalue weighted by Gasteiger charge is -2.10. The summed E-state index contributed by atoms with van der Waals surface area (Å²) in [7, 11) is 4.45. The van der Waals surface area contributed by atoms with Gasteiger partial charge in [-0.3, -0.25) is 4.79 Å². The molecule has 124 valence electrons. The van der Waals surface area contributed by atoms with Gasteiger partial charge < -0.3 is 23.7 Å². The number of aromatic hydroxyl groups is 1. The standard InChI is InChI=1S/C18H16O6/c1-21-11-7-15(23-3)17-16(8-11)24-9-12(18(17)20)10-4-5-14(22-2)13(19)6-10/h4-9,19H,1-3H3. The van der Waals surface area contributed by atoms with Gasteiger partial charge in [-0.1, -0.05) is 6.07 Å². The zero-order chi connectivity index (χ0) is 17.3. The SMILES string of the molecule is COc1cc(OC)c2c(=O)c(-c3ccc(OC)c(O)c3)coc2c1. The van der Waals surface area contributed by atoms with Crippen molar-refractivity contribution in [2.75, 3.05) is 21.3 Å². The second kappa shape index (κ2) is 6.16. The van der Waals surface area contributed by atoms with E-state index < -0.39 is 0 Å². The number of rotatable bonds is 4. The molecule has 0 saturated heterocycles. The monoisotopic (exact) mass is 328 g/mol. The fourth-order valence-corrected chi connectivity index (χ4v) is 2.53. The fraction of sp³-hybridized carbons (Fsp3) is 0.167. The molecule has 0 fully saturated rings. The highest BCUT2D eigenvalue weighted by atomic mass is 16.5. The van der Waals surface area contributed by atoms with E-state index in [4.69, 9.17) is 18.6 Å². The Bertz CT molecular complexity index is 958. The molecule has 0 atom stereocenters. The lowest BCUT2D eigenvalue weighted by Crippen LogP contribution is -2.06. The number of benzene rings is 2. The van der Waals surface area contributed by atoms with Gasteiger partial charge in [0.2, 0.25) is 5.43 Å². The van der Waals surface area contributed by atoms with Gasteiger partial charge in [0.1, 0.15) is 28.7 Å². The van der Waals surface area contributed by atoms with Crippen LogP contribution in [0.4, 0.5) is 0 Å². The Kier molecular flexibility index (Phi) is 4.04. The average Bonchev–Trinajstić information content (AvgIpc) is 2.60. The minimum Gasteiger partial charge on any atom is -0.504 e. The van der Waals surface area contributed by atoms with Crippen molar-refractivity contribution in [2.45, 2.75) is 0 Å². The predicted octanol–water partition coefficient (Wildman–Crippen LogP) is 3.19. The maximum Gasteiger partial charge on any atom is 0.204 e. The van der Waals surface area contributed by atoms with Gasteiger partial charge >= 0.3 is 0 Å². The predicted molar refractivity (Wildman–Crippen MR) is 89.2 cm³/mol. The number of phenols is 1. The van der Waals surface area contributed by atoms with Crippen molar-refractivity contribution in [3.63, 3.8) is 0 Å². The molecular weight excluding hydrogens is 312 g/mol. The van der Waals surface area contributed by atoms with Crippen molar-refractivity contribution < 1.29 is 23.7 Å². The Morgan fingerprint density at radius 2 is 1.71 bits per heavy atom. The molecule has 0 unspecified atom stereocenters. The third-order valence-corrected chi connectivity index (χ3v) is 3.76. The van der Waals surface area contributed by atoms with Crippen molar-refractivity contribution >= 4 is 11.0 Å².